The third kappa shape index (κ3) is 4.60. The average molecular weight is 255 g/mol. The molecule has 3 nitrogen and oxygen atoms in total. The van der Waals surface area contributed by atoms with Crippen molar-refractivity contribution in [3.8, 4) is 0 Å². The quantitative estimate of drug-likeness (QED) is 0.785. The zero-order valence-corrected chi connectivity index (χ0v) is 12.4. The lowest BCUT2D eigenvalue weighted by atomic mass is 9.69. The molecule has 1 rings (SSSR count). The van der Waals surface area contributed by atoms with Crippen molar-refractivity contribution in [2.45, 2.75) is 65.8 Å². The molecule has 1 unspecified atom stereocenters. The highest BCUT2D eigenvalue weighted by molar-refractivity contribution is 5.75. The molecule has 0 spiro atoms. The van der Waals surface area contributed by atoms with Crippen LogP contribution < -0.4 is 5.73 Å². The summed E-state index contributed by atoms with van der Waals surface area (Å²) in [6, 6.07) is -0.430. The smallest absolute Gasteiger partial charge is 0.322 e. The Kier molecular flexibility index (Phi) is 5.64. The molecule has 0 bridgehead atoms. The Hall–Kier alpha value is -0.570. The van der Waals surface area contributed by atoms with Gasteiger partial charge in [0.25, 0.3) is 0 Å². The fourth-order valence-corrected chi connectivity index (χ4v) is 2.97. The second-order valence-electron chi connectivity index (χ2n) is 6.68. The molecular formula is C15H29NO2. The van der Waals surface area contributed by atoms with Gasteiger partial charge in [-0.3, -0.25) is 4.79 Å². The van der Waals surface area contributed by atoms with Gasteiger partial charge in [-0.25, -0.2) is 0 Å². The summed E-state index contributed by atoms with van der Waals surface area (Å²) in [5.41, 5.74) is 6.29. The van der Waals surface area contributed by atoms with Crippen molar-refractivity contribution in [1.82, 2.24) is 0 Å². The van der Waals surface area contributed by atoms with Crippen LogP contribution in [-0.2, 0) is 9.53 Å². The highest BCUT2D eigenvalue weighted by Crippen LogP contribution is 2.40. The summed E-state index contributed by atoms with van der Waals surface area (Å²) >= 11 is 0. The van der Waals surface area contributed by atoms with Crippen LogP contribution in [-0.4, -0.2) is 18.6 Å². The monoisotopic (exact) mass is 255 g/mol. The van der Waals surface area contributed by atoms with E-state index < -0.39 is 6.04 Å². The van der Waals surface area contributed by atoms with Gasteiger partial charge in [-0.15, -0.1) is 0 Å². The van der Waals surface area contributed by atoms with Gasteiger partial charge >= 0.3 is 5.97 Å². The average Bonchev–Trinajstić information content (AvgIpc) is 2.28. The fraction of sp³-hybridized carbons (Fsp3) is 0.933. The van der Waals surface area contributed by atoms with Crippen LogP contribution in [0.5, 0.6) is 0 Å². The van der Waals surface area contributed by atoms with Gasteiger partial charge < -0.3 is 10.5 Å². The SMILES string of the molecule is CCOC(=O)C(N)CC1CCC(C(C)(C)C)CC1. The first-order valence-corrected chi connectivity index (χ1v) is 7.26. The molecule has 0 radical (unpaired) electrons. The lowest BCUT2D eigenvalue weighted by molar-refractivity contribution is -0.145. The van der Waals surface area contributed by atoms with Gasteiger partial charge in [0.2, 0.25) is 0 Å². The van der Waals surface area contributed by atoms with Crippen LogP contribution in [0.15, 0.2) is 0 Å². The van der Waals surface area contributed by atoms with Gasteiger partial charge in [0.15, 0.2) is 0 Å². The van der Waals surface area contributed by atoms with Crippen LogP contribution in [0.4, 0.5) is 0 Å². The summed E-state index contributed by atoms with van der Waals surface area (Å²) in [6.45, 7) is 9.20. The Labute approximate surface area is 111 Å². The molecule has 0 aliphatic heterocycles. The normalized spacial score (nSPS) is 26.7. The maximum atomic E-state index is 11.5. The van der Waals surface area contributed by atoms with Gasteiger partial charge in [-0.2, -0.15) is 0 Å². The number of rotatable bonds is 4. The van der Waals surface area contributed by atoms with Crippen molar-refractivity contribution in [3.63, 3.8) is 0 Å². The van der Waals surface area contributed by atoms with Gasteiger partial charge in [-0.05, 0) is 43.4 Å². The van der Waals surface area contributed by atoms with Crippen LogP contribution in [0, 0.1) is 17.3 Å². The zero-order valence-electron chi connectivity index (χ0n) is 12.4. The van der Waals surface area contributed by atoms with E-state index in [0.717, 1.165) is 12.3 Å². The second kappa shape index (κ2) is 6.55. The minimum Gasteiger partial charge on any atom is -0.465 e. The van der Waals surface area contributed by atoms with E-state index in [1.165, 1.54) is 25.7 Å². The minimum absolute atomic E-state index is 0.240. The second-order valence-corrected chi connectivity index (χ2v) is 6.68. The molecule has 2 N–H and O–H groups in total. The van der Waals surface area contributed by atoms with E-state index in [-0.39, 0.29) is 5.97 Å². The molecular weight excluding hydrogens is 226 g/mol. The molecule has 1 saturated carbocycles. The number of hydrogen-bond acceptors (Lipinski definition) is 3. The number of ether oxygens (including phenoxy) is 1. The minimum atomic E-state index is -0.430. The first-order valence-electron chi connectivity index (χ1n) is 7.26. The summed E-state index contributed by atoms with van der Waals surface area (Å²) in [5.74, 6) is 1.17. The van der Waals surface area contributed by atoms with Crippen molar-refractivity contribution in [1.29, 1.82) is 0 Å². The molecule has 0 saturated heterocycles. The number of carbonyl (C=O) groups is 1. The van der Waals surface area contributed by atoms with E-state index in [2.05, 4.69) is 20.8 Å². The Balaban J connectivity index is 2.33. The molecule has 0 aromatic rings. The lowest BCUT2D eigenvalue weighted by Crippen LogP contribution is -2.36. The molecule has 1 aliphatic rings. The topological polar surface area (TPSA) is 52.3 Å². The highest BCUT2D eigenvalue weighted by Gasteiger charge is 2.31. The van der Waals surface area contributed by atoms with Crippen molar-refractivity contribution >= 4 is 5.97 Å². The number of carbonyl (C=O) groups excluding carboxylic acids is 1. The summed E-state index contributed by atoms with van der Waals surface area (Å²) in [4.78, 5) is 11.5. The molecule has 0 amide bonds. The molecule has 0 heterocycles. The predicted molar refractivity (Wildman–Crippen MR) is 74.1 cm³/mol. The molecule has 3 heteroatoms. The molecule has 0 aromatic carbocycles. The van der Waals surface area contributed by atoms with Crippen LogP contribution >= 0.6 is 0 Å². The van der Waals surface area contributed by atoms with E-state index >= 15 is 0 Å². The largest absolute Gasteiger partial charge is 0.465 e. The van der Waals surface area contributed by atoms with Crippen molar-refractivity contribution in [3.05, 3.63) is 0 Å². The van der Waals surface area contributed by atoms with Gasteiger partial charge in [-0.1, -0.05) is 33.6 Å². The van der Waals surface area contributed by atoms with E-state index in [4.69, 9.17) is 10.5 Å². The first-order chi connectivity index (χ1) is 8.34. The molecule has 18 heavy (non-hydrogen) atoms. The summed E-state index contributed by atoms with van der Waals surface area (Å²) < 4.78 is 4.96. The third-order valence-corrected chi connectivity index (χ3v) is 4.25. The fourth-order valence-electron chi connectivity index (χ4n) is 2.97. The molecule has 0 aromatic heterocycles. The van der Waals surface area contributed by atoms with Crippen LogP contribution in [0.25, 0.3) is 0 Å². The van der Waals surface area contributed by atoms with E-state index in [0.29, 0.717) is 17.9 Å². The Morgan fingerprint density at radius 1 is 1.28 bits per heavy atom. The first kappa shape index (κ1) is 15.5. The Bertz CT molecular complexity index is 262. The van der Waals surface area contributed by atoms with Crippen molar-refractivity contribution in [2.75, 3.05) is 6.61 Å². The lowest BCUT2D eigenvalue weighted by Gasteiger charge is -2.37. The maximum Gasteiger partial charge on any atom is 0.322 e. The summed E-state index contributed by atoms with van der Waals surface area (Å²) in [7, 11) is 0. The van der Waals surface area contributed by atoms with E-state index in [1.807, 2.05) is 6.92 Å². The van der Waals surface area contributed by atoms with Gasteiger partial charge in [0.1, 0.15) is 6.04 Å². The highest BCUT2D eigenvalue weighted by atomic mass is 16.5. The molecule has 1 aliphatic carbocycles. The predicted octanol–water partition coefficient (Wildman–Crippen LogP) is 3.12. The van der Waals surface area contributed by atoms with Gasteiger partial charge in [0, 0.05) is 0 Å². The third-order valence-electron chi connectivity index (χ3n) is 4.25. The number of hydrogen-bond donors (Lipinski definition) is 1. The zero-order chi connectivity index (χ0) is 13.8. The molecule has 1 atom stereocenters. The Morgan fingerprint density at radius 2 is 1.83 bits per heavy atom. The summed E-state index contributed by atoms with van der Waals surface area (Å²) in [6.07, 6.45) is 5.73. The van der Waals surface area contributed by atoms with E-state index in [1.54, 1.807) is 0 Å². The Morgan fingerprint density at radius 3 is 2.28 bits per heavy atom. The maximum absolute atomic E-state index is 11.5. The van der Waals surface area contributed by atoms with Crippen molar-refractivity contribution < 1.29 is 9.53 Å². The van der Waals surface area contributed by atoms with Gasteiger partial charge in [0.05, 0.1) is 6.61 Å². The number of nitrogens with two attached hydrogens (primary N) is 1. The summed E-state index contributed by atoms with van der Waals surface area (Å²) in [5, 5.41) is 0. The number of esters is 1. The van der Waals surface area contributed by atoms with Crippen LogP contribution in [0.3, 0.4) is 0 Å². The standard InChI is InChI=1S/C15H29NO2/c1-5-18-14(17)13(16)10-11-6-8-12(9-7-11)15(2,3)4/h11-13H,5-10,16H2,1-4H3. The van der Waals surface area contributed by atoms with Crippen LogP contribution in [0.2, 0.25) is 0 Å². The van der Waals surface area contributed by atoms with Crippen molar-refractivity contribution in [2.24, 2.45) is 23.0 Å². The van der Waals surface area contributed by atoms with E-state index in [9.17, 15) is 4.79 Å². The molecule has 1 fully saturated rings. The van der Waals surface area contributed by atoms with Crippen LogP contribution in [0.1, 0.15) is 59.8 Å². The molecule has 106 valence electrons.